The third kappa shape index (κ3) is 2.94. The van der Waals surface area contributed by atoms with Gasteiger partial charge in [-0.25, -0.2) is 0 Å². The number of benzene rings is 1. The fraction of sp³-hybridized carbons (Fsp3) is 0.250. The van der Waals surface area contributed by atoms with Crippen LogP contribution in [0.25, 0.3) is 11.0 Å². The number of H-pyrrole nitrogens is 1. The van der Waals surface area contributed by atoms with Gasteiger partial charge >= 0.3 is 145 Å². The Kier molecular flexibility index (Phi) is 4.40. The van der Waals surface area contributed by atoms with Crippen LogP contribution in [0.2, 0.25) is 4.68 Å². The first kappa shape index (κ1) is 17.0. The zero-order valence-corrected chi connectivity index (χ0v) is 16.3. The molecule has 122 valence electrons. The van der Waals surface area contributed by atoms with Crippen molar-refractivity contribution >= 4 is 32.5 Å². The Morgan fingerprint density at radius 3 is 2.88 bits per heavy atom. The van der Waals surface area contributed by atoms with E-state index in [-0.39, 0.29) is 9.34 Å². The Morgan fingerprint density at radius 1 is 1.46 bits per heavy atom. The van der Waals surface area contributed by atoms with Crippen molar-refractivity contribution in [1.29, 1.82) is 5.26 Å². The zero-order valence-electron chi connectivity index (χ0n) is 13.0. The van der Waals surface area contributed by atoms with Crippen molar-refractivity contribution in [1.82, 2.24) is 9.97 Å². The molecule has 1 unspecified atom stereocenters. The fourth-order valence-electron chi connectivity index (χ4n) is 2.76. The Labute approximate surface area is 144 Å². The molecular formula is C16H14F2InN3O2. The number of nitrogens with one attached hydrogen (secondary N) is 1. The van der Waals surface area contributed by atoms with Gasteiger partial charge in [0.2, 0.25) is 0 Å². The zero-order chi connectivity index (χ0) is 17.5. The molecule has 5 nitrogen and oxygen atoms in total. The maximum absolute atomic E-state index is 12.7. The van der Waals surface area contributed by atoms with Crippen LogP contribution in [0.1, 0.15) is 18.3 Å². The molecule has 1 aromatic carbocycles. The molecule has 0 amide bonds. The number of imidazole rings is 1. The molecule has 1 aliphatic rings. The summed E-state index contributed by atoms with van der Waals surface area (Å²) in [5.41, 5.74) is 0.378. The summed E-state index contributed by atoms with van der Waals surface area (Å²) in [6, 6.07) is 6.95. The van der Waals surface area contributed by atoms with E-state index in [0.29, 0.717) is 22.2 Å². The van der Waals surface area contributed by atoms with Crippen LogP contribution in [0.3, 0.4) is 0 Å². The van der Waals surface area contributed by atoms with Crippen LogP contribution >= 0.6 is 0 Å². The SMILES string of the molecule is [CH3][In]1[CH]=CC(C(C)(O)c2nc3ccc(C#N)cc3[nH]2)=[C]1OC(F)F. The second kappa shape index (κ2) is 6.22. The van der Waals surface area contributed by atoms with Gasteiger partial charge < -0.3 is 0 Å². The molecule has 0 fully saturated rings. The average molecular weight is 433 g/mol. The predicted octanol–water partition coefficient (Wildman–Crippen LogP) is 2.91. The third-order valence-electron chi connectivity index (χ3n) is 4.04. The number of hydrogen-bond donors (Lipinski definition) is 2. The summed E-state index contributed by atoms with van der Waals surface area (Å²) in [5.74, 6) is 0.225. The molecule has 24 heavy (non-hydrogen) atoms. The predicted molar refractivity (Wildman–Crippen MR) is 85.3 cm³/mol. The van der Waals surface area contributed by atoms with Gasteiger partial charge in [0.25, 0.3) is 0 Å². The summed E-state index contributed by atoms with van der Waals surface area (Å²) < 4.78 is 34.1. The molecule has 1 aliphatic heterocycles. The number of aliphatic hydroxyl groups is 1. The molecule has 1 atom stereocenters. The number of nitrogens with zero attached hydrogens (tertiary/aromatic N) is 2. The molecule has 3 rings (SSSR count). The average Bonchev–Trinajstić information content (AvgIpc) is 3.11. The first-order chi connectivity index (χ1) is 11.3. The summed E-state index contributed by atoms with van der Waals surface area (Å²) in [4.78, 5) is 7.32. The van der Waals surface area contributed by atoms with Gasteiger partial charge in [-0.15, -0.1) is 0 Å². The van der Waals surface area contributed by atoms with E-state index in [4.69, 9.17) is 5.26 Å². The molecule has 1 aromatic heterocycles. The number of alkyl halides is 2. The number of ether oxygens (including phenoxy) is 1. The van der Waals surface area contributed by atoms with Crippen molar-refractivity contribution in [3.63, 3.8) is 0 Å². The third-order valence-corrected chi connectivity index (χ3v) is 9.88. The first-order valence-corrected chi connectivity index (χ1v) is 14.2. The molecule has 0 saturated carbocycles. The Hall–Kier alpha value is -1.85. The van der Waals surface area contributed by atoms with E-state index in [1.807, 2.05) is 14.6 Å². The monoisotopic (exact) mass is 433 g/mol. The van der Waals surface area contributed by atoms with Crippen LogP contribution in [0.4, 0.5) is 8.78 Å². The van der Waals surface area contributed by atoms with Crippen LogP contribution in [-0.4, -0.2) is 43.1 Å². The van der Waals surface area contributed by atoms with Crippen LogP contribution in [0.15, 0.2) is 37.2 Å². The number of rotatable bonds is 4. The van der Waals surface area contributed by atoms with Crippen LogP contribution in [0.5, 0.6) is 0 Å². The van der Waals surface area contributed by atoms with E-state index in [0.717, 1.165) is 0 Å². The first-order valence-electron chi connectivity index (χ1n) is 7.33. The van der Waals surface area contributed by atoms with Crippen LogP contribution < -0.4 is 0 Å². The second-order valence-electron chi connectivity index (χ2n) is 5.81. The van der Waals surface area contributed by atoms with Crippen molar-refractivity contribution in [3.8, 4) is 6.07 Å². The summed E-state index contributed by atoms with van der Waals surface area (Å²) in [5, 5.41) is 19.9. The minimum absolute atomic E-state index is 0.225. The van der Waals surface area contributed by atoms with Crippen molar-refractivity contribution < 1.29 is 18.6 Å². The molecule has 2 N–H and O–H groups in total. The molecule has 2 heterocycles. The fourth-order valence-corrected chi connectivity index (χ4v) is 8.02. The number of fused-ring (bicyclic) bond motifs is 1. The number of aromatic amines is 1. The van der Waals surface area contributed by atoms with E-state index in [9.17, 15) is 13.9 Å². The van der Waals surface area contributed by atoms with Gasteiger partial charge in [0, 0.05) is 0 Å². The van der Waals surface area contributed by atoms with E-state index >= 15 is 0 Å². The second-order valence-corrected chi connectivity index (χ2v) is 12.9. The van der Waals surface area contributed by atoms with Crippen LogP contribution in [-0.2, 0) is 10.3 Å². The summed E-state index contributed by atoms with van der Waals surface area (Å²) in [6.07, 6.45) is 1.66. The van der Waals surface area contributed by atoms with Gasteiger partial charge in [-0.05, 0) is 0 Å². The molecule has 0 radical (unpaired) electrons. The minimum atomic E-state index is -2.92. The normalized spacial score (nSPS) is 16.8. The summed E-state index contributed by atoms with van der Waals surface area (Å²) in [6.45, 7) is -1.42. The Balaban J connectivity index is 2.08. The van der Waals surface area contributed by atoms with E-state index < -0.39 is 33.7 Å². The molecule has 0 saturated heterocycles. The van der Waals surface area contributed by atoms with Crippen molar-refractivity contribution in [2.24, 2.45) is 0 Å². The number of halogens is 2. The molecule has 2 aromatic rings. The van der Waals surface area contributed by atoms with E-state index in [1.54, 1.807) is 24.3 Å². The Bertz CT molecular complexity index is 896. The van der Waals surface area contributed by atoms with Gasteiger partial charge in [-0.3, -0.25) is 0 Å². The molecule has 0 bridgehead atoms. The number of hydrogen-bond acceptors (Lipinski definition) is 4. The van der Waals surface area contributed by atoms with Gasteiger partial charge in [0.05, 0.1) is 0 Å². The molecule has 0 aliphatic carbocycles. The standard InChI is InChI=1S/C15H11F2N3O2.CH3.In/c1-3-10(8-22-14(16)17)15(2,21)13-19-11-5-4-9(7-18)6-12(11)20-13;;/h1,3-6,14,21H,2H3,(H,19,20);1H3;. The van der Waals surface area contributed by atoms with Gasteiger partial charge in [0.1, 0.15) is 0 Å². The van der Waals surface area contributed by atoms with E-state index in [1.165, 1.54) is 6.92 Å². The van der Waals surface area contributed by atoms with Crippen molar-refractivity contribution in [3.05, 3.63) is 48.6 Å². The van der Waals surface area contributed by atoms with Gasteiger partial charge in [0.15, 0.2) is 0 Å². The summed E-state index contributed by atoms with van der Waals surface area (Å²) >= 11 is -2.53. The molecule has 8 heteroatoms. The topological polar surface area (TPSA) is 81.9 Å². The molecular weight excluding hydrogens is 419 g/mol. The molecule has 0 spiro atoms. The number of nitriles is 1. The maximum atomic E-state index is 12.7. The number of aromatic nitrogens is 2. The van der Waals surface area contributed by atoms with Crippen molar-refractivity contribution in [2.75, 3.05) is 0 Å². The van der Waals surface area contributed by atoms with E-state index in [2.05, 4.69) is 14.7 Å². The van der Waals surface area contributed by atoms with Crippen LogP contribution in [0, 0.1) is 11.3 Å². The van der Waals surface area contributed by atoms with Gasteiger partial charge in [-0.1, -0.05) is 0 Å². The summed E-state index contributed by atoms with van der Waals surface area (Å²) in [7, 11) is 0. The van der Waals surface area contributed by atoms with Crippen molar-refractivity contribution in [2.45, 2.75) is 23.8 Å². The van der Waals surface area contributed by atoms with Gasteiger partial charge in [-0.2, -0.15) is 0 Å². The quantitative estimate of drug-likeness (QED) is 0.778. The Morgan fingerprint density at radius 2 is 2.21 bits per heavy atom.